The lowest BCUT2D eigenvalue weighted by molar-refractivity contribution is 0.102. The number of nitrogens with one attached hydrogen (secondary N) is 2. The van der Waals surface area contributed by atoms with E-state index < -0.39 is 0 Å². The third kappa shape index (κ3) is 4.19. The van der Waals surface area contributed by atoms with Gasteiger partial charge in [0.15, 0.2) is 5.69 Å². The highest BCUT2D eigenvalue weighted by molar-refractivity contribution is 9.10. The van der Waals surface area contributed by atoms with Crippen molar-refractivity contribution < 1.29 is 4.79 Å². The normalized spacial score (nSPS) is 10.3. The molecule has 0 aliphatic rings. The Kier molecular flexibility index (Phi) is 5.49. The molecule has 0 atom stereocenters. The number of benzene rings is 1. The first kappa shape index (κ1) is 17.9. The van der Waals surface area contributed by atoms with E-state index in [1.54, 1.807) is 6.20 Å². The minimum atomic E-state index is -0.283. The quantitative estimate of drug-likeness (QED) is 0.633. The monoisotopic (exact) mass is 408 g/mol. The molecule has 0 unspecified atom stereocenters. The first-order chi connectivity index (χ1) is 12.5. The summed E-state index contributed by atoms with van der Waals surface area (Å²) in [6.07, 6.45) is 1.70. The topological polar surface area (TPSA) is 70.7 Å². The highest BCUT2D eigenvalue weighted by Gasteiger charge is 2.19. The minimum Gasteiger partial charge on any atom is -0.321 e. The summed E-state index contributed by atoms with van der Waals surface area (Å²) in [6.45, 7) is 4.06. The summed E-state index contributed by atoms with van der Waals surface area (Å²) in [6, 6.07) is 12.9. The lowest BCUT2D eigenvalue weighted by Crippen LogP contribution is -2.13. The standard InChI is InChI=1S/C20H17BrN4O/c1-13(2)18-17(21)19(25-24-18)20(26)23-16-8-5-6-14(12-16)9-10-15-7-3-4-11-22-15/h3-8,11-13H,1-2H3,(H,23,26)(H,24,25). The number of carbonyl (C=O) groups excluding carboxylic acids is 1. The first-order valence-corrected chi connectivity index (χ1v) is 8.92. The number of hydrogen-bond donors (Lipinski definition) is 2. The third-order valence-electron chi connectivity index (χ3n) is 3.65. The summed E-state index contributed by atoms with van der Waals surface area (Å²) < 4.78 is 0.691. The van der Waals surface area contributed by atoms with Crippen molar-refractivity contribution in [2.75, 3.05) is 5.32 Å². The van der Waals surface area contributed by atoms with Gasteiger partial charge in [0.25, 0.3) is 5.91 Å². The fraction of sp³-hybridized carbons (Fsp3) is 0.150. The fourth-order valence-electron chi connectivity index (χ4n) is 2.31. The number of nitrogens with zero attached hydrogens (tertiary/aromatic N) is 2. The Morgan fingerprint density at radius 1 is 1.19 bits per heavy atom. The van der Waals surface area contributed by atoms with Crippen molar-refractivity contribution in [2.45, 2.75) is 19.8 Å². The van der Waals surface area contributed by atoms with Crippen molar-refractivity contribution in [2.24, 2.45) is 0 Å². The molecular formula is C20H17BrN4O. The molecule has 2 aromatic heterocycles. The zero-order valence-corrected chi connectivity index (χ0v) is 16.0. The van der Waals surface area contributed by atoms with E-state index in [0.29, 0.717) is 21.5 Å². The van der Waals surface area contributed by atoms with Gasteiger partial charge in [-0.2, -0.15) is 5.10 Å². The van der Waals surface area contributed by atoms with Gasteiger partial charge in [-0.1, -0.05) is 31.9 Å². The summed E-state index contributed by atoms with van der Waals surface area (Å²) in [5, 5.41) is 9.87. The second kappa shape index (κ2) is 7.98. The molecule has 0 saturated carbocycles. The molecule has 0 fully saturated rings. The Labute approximate surface area is 160 Å². The molecule has 2 heterocycles. The molecule has 3 aromatic rings. The zero-order chi connectivity index (χ0) is 18.5. The Hall–Kier alpha value is -2.91. The van der Waals surface area contributed by atoms with E-state index in [1.807, 2.05) is 56.3 Å². The van der Waals surface area contributed by atoms with Gasteiger partial charge in [0.05, 0.1) is 10.2 Å². The van der Waals surface area contributed by atoms with Crippen molar-refractivity contribution in [3.05, 3.63) is 75.8 Å². The molecule has 6 heteroatoms. The van der Waals surface area contributed by atoms with E-state index in [4.69, 9.17) is 0 Å². The minimum absolute atomic E-state index is 0.239. The third-order valence-corrected chi connectivity index (χ3v) is 4.45. The van der Waals surface area contributed by atoms with Gasteiger partial charge in [-0.05, 0) is 58.1 Å². The summed E-state index contributed by atoms with van der Waals surface area (Å²) in [7, 11) is 0. The average Bonchev–Trinajstić information content (AvgIpc) is 3.03. The van der Waals surface area contributed by atoms with Crippen molar-refractivity contribution in [1.82, 2.24) is 15.2 Å². The molecule has 0 saturated heterocycles. The molecule has 0 aliphatic heterocycles. The molecule has 0 bridgehead atoms. The summed E-state index contributed by atoms with van der Waals surface area (Å²) in [4.78, 5) is 16.7. The summed E-state index contributed by atoms with van der Waals surface area (Å²) >= 11 is 3.45. The number of aromatic amines is 1. The Balaban J connectivity index is 1.77. The van der Waals surface area contributed by atoms with E-state index in [0.717, 1.165) is 11.3 Å². The lowest BCUT2D eigenvalue weighted by atomic mass is 10.1. The Bertz CT molecular complexity index is 984. The van der Waals surface area contributed by atoms with Crippen LogP contribution in [0.5, 0.6) is 0 Å². The molecular weight excluding hydrogens is 392 g/mol. The maximum absolute atomic E-state index is 12.5. The molecule has 130 valence electrons. The van der Waals surface area contributed by atoms with E-state index in [1.165, 1.54) is 0 Å². The number of pyridine rings is 1. The van der Waals surface area contributed by atoms with E-state index >= 15 is 0 Å². The van der Waals surface area contributed by atoms with E-state index in [2.05, 4.69) is 48.3 Å². The smallest absolute Gasteiger partial charge is 0.277 e. The number of halogens is 1. The van der Waals surface area contributed by atoms with Gasteiger partial charge in [-0.3, -0.25) is 9.89 Å². The molecule has 0 spiro atoms. The first-order valence-electron chi connectivity index (χ1n) is 8.13. The van der Waals surface area contributed by atoms with Crippen molar-refractivity contribution in [3.63, 3.8) is 0 Å². The number of amides is 1. The molecule has 1 amide bonds. The SMILES string of the molecule is CC(C)c1[nH]nc(C(=O)Nc2cccc(C#Cc3ccccn3)c2)c1Br. The number of carbonyl (C=O) groups is 1. The predicted molar refractivity (Wildman–Crippen MR) is 105 cm³/mol. The van der Waals surface area contributed by atoms with Gasteiger partial charge >= 0.3 is 0 Å². The van der Waals surface area contributed by atoms with E-state index in [-0.39, 0.29) is 11.8 Å². The van der Waals surface area contributed by atoms with Crippen LogP contribution in [0.4, 0.5) is 5.69 Å². The maximum Gasteiger partial charge on any atom is 0.277 e. The van der Waals surface area contributed by atoms with Crippen LogP contribution in [0.25, 0.3) is 0 Å². The summed E-state index contributed by atoms with van der Waals surface area (Å²) in [5.41, 5.74) is 3.37. The number of anilines is 1. The molecule has 2 N–H and O–H groups in total. The van der Waals surface area contributed by atoms with E-state index in [9.17, 15) is 4.79 Å². The fourth-order valence-corrected chi connectivity index (χ4v) is 3.13. The molecule has 1 aromatic carbocycles. The highest BCUT2D eigenvalue weighted by atomic mass is 79.9. The van der Waals surface area contributed by atoms with Crippen LogP contribution in [0, 0.1) is 11.8 Å². The van der Waals surface area contributed by atoms with Crippen molar-refractivity contribution in [3.8, 4) is 11.8 Å². The van der Waals surface area contributed by atoms with Gasteiger partial charge < -0.3 is 5.32 Å². The van der Waals surface area contributed by atoms with Crippen LogP contribution in [-0.2, 0) is 0 Å². The van der Waals surface area contributed by atoms with Gasteiger partial charge in [-0.25, -0.2) is 4.98 Å². The molecule has 0 radical (unpaired) electrons. The maximum atomic E-state index is 12.5. The van der Waals surface area contributed by atoms with Crippen molar-refractivity contribution in [1.29, 1.82) is 0 Å². The lowest BCUT2D eigenvalue weighted by Gasteiger charge is -2.05. The largest absolute Gasteiger partial charge is 0.321 e. The van der Waals surface area contributed by atoms with Crippen LogP contribution in [0.15, 0.2) is 53.1 Å². The molecule has 5 nitrogen and oxygen atoms in total. The van der Waals surface area contributed by atoms with Gasteiger partial charge in [0.2, 0.25) is 0 Å². The number of hydrogen-bond acceptors (Lipinski definition) is 3. The highest BCUT2D eigenvalue weighted by Crippen LogP contribution is 2.26. The van der Waals surface area contributed by atoms with Crippen LogP contribution in [0.2, 0.25) is 0 Å². The molecule has 0 aliphatic carbocycles. The van der Waals surface area contributed by atoms with Crippen LogP contribution < -0.4 is 5.32 Å². The van der Waals surface area contributed by atoms with Crippen LogP contribution in [-0.4, -0.2) is 21.1 Å². The van der Waals surface area contributed by atoms with Crippen LogP contribution in [0.3, 0.4) is 0 Å². The van der Waals surface area contributed by atoms with Crippen molar-refractivity contribution >= 4 is 27.5 Å². The number of rotatable bonds is 3. The second-order valence-corrected chi connectivity index (χ2v) is 6.75. The van der Waals surface area contributed by atoms with Gasteiger partial charge in [-0.15, -0.1) is 0 Å². The predicted octanol–water partition coefficient (Wildman–Crippen LogP) is 4.34. The van der Waals surface area contributed by atoms with Crippen LogP contribution >= 0.6 is 15.9 Å². The molecule has 26 heavy (non-hydrogen) atoms. The second-order valence-electron chi connectivity index (χ2n) is 5.95. The van der Waals surface area contributed by atoms with Gasteiger partial charge in [0.1, 0.15) is 5.69 Å². The number of aromatic nitrogens is 3. The number of H-pyrrole nitrogens is 1. The molecule has 3 rings (SSSR count). The summed E-state index contributed by atoms with van der Waals surface area (Å²) in [5.74, 6) is 6.01. The van der Waals surface area contributed by atoms with Crippen LogP contribution in [0.1, 0.15) is 47.2 Å². The Morgan fingerprint density at radius 3 is 2.73 bits per heavy atom. The van der Waals surface area contributed by atoms with Gasteiger partial charge in [0, 0.05) is 17.4 Å². The Morgan fingerprint density at radius 2 is 2.04 bits per heavy atom. The zero-order valence-electron chi connectivity index (χ0n) is 14.4. The average molecular weight is 409 g/mol.